The quantitative estimate of drug-likeness (QED) is 0.563. The second-order valence-corrected chi connectivity index (χ2v) is 2.55. The van der Waals surface area contributed by atoms with Gasteiger partial charge >= 0.3 is 5.97 Å². The van der Waals surface area contributed by atoms with E-state index in [4.69, 9.17) is 15.1 Å². The molecule has 0 bridgehead atoms. The highest BCUT2D eigenvalue weighted by Gasteiger charge is 2.12. The molecule has 0 aliphatic carbocycles. The van der Waals surface area contributed by atoms with Crippen LogP contribution in [-0.2, 0) is 14.3 Å². The second kappa shape index (κ2) is 6.86. The average molecular weight is 200 g/mol. The van der Waals surface area contributed by atoms with E-state index in [-0.39, 0.29) is 19.6 Å². The molecule has 0 saturated heterocycles. The van der Waals surface area contributed by atoms with E-state index in [1.54, 1.807) is 0 Å². The van der Waals surface area contributed by atoms with Crippen molar-refractivity contribution in [2.45, 2.75) is 19.4 Å². The van der Waals surface area contributed by atoms with Gasteiger partial charge in [0.2, 0.25) is 5.91 Å². The van der Waals surface area contributed by atoms with Gasteiger partial charge in [0.1, 0.15) is 6.61 Å². The lowest BCUT2D eigenvalue weighted by Gasteiger charge is -2.07. The molecule has 0 aliphatic heterocycles. The van der Waals surface area contributed by atoms with E-state index < -0.39 is 18.0 Å². The molecule has 0 radical (unpaired) electrons. The van der Waals surface area contributed by atoms with Crippen LogP contribution in [-0.4, -0.2) is 36.2 Å². The third-order valence-corrected chi connectivity index (χ3v) is 1.37. The molecule has 6 nitrogen and oxygen atoms in total. The Morgan fingerprint density at radius 3 is 2.79 bits per heavy atom. The normalized spacial score (nSPS) is 11.4. The molecule has 0 spiro atoms. The minimum atomic E-state index is -1.12. The van der Waals surface area contributed by atoms with Crippen LogP contribution in [0.5, 0.6) is 0 Å². The molecule has 0 aromatic heterocycles. The number of nitrogens with zero attached hydrogens (tertiary/aromatic N) is 1. The number of amides is 1. The predicted octanol–water partition coefficient (Wildman–Crippen LogP) is -0.494. The first-order valence-electron chi connectivity index (χ1n) is 4.06. The lowest BCUT2D eigenvalue weighted by atomic mass is 10.4. The zero-order chi connectivity index (χ0) is 11.0. The van der Waals surface area contributed by atoms with E-state index in [0.717, 1.165) is 0 Å². The van der Waals surface area contributed by atoms with Gasteiger partial charge in [0.05, 0.1) is 12.5 Å². The Hall–Kier alpha value is -1.61. The smallest absolute Gasteiger partial charge is 0.332 e. The highest BCUT2D eigenvalue weighted by Crippen LogP contribution is 1.89. The number of ether oxygens (including phenoxy) is 1. The summed E-state index contributed by atoms with van der Waals surface area (Å²) in [7, 11) is 0. The molecule has 0 saturated carbocycles. The third-order valence-electron chi connectivity index (χ3n) is 1.37. The maximum atomic E-state index is 10.9. The van der Waals surface area contributed by atoms with Crippen molar-refractivity contribution in [3.8, 4) is 6.07 Å². The molecule has 0 aromatic carbocycles. The van der Waals surface area contributed by atoms with Crippen molar-refractivity contribution in [3.63, 3.8) is 0 Å². The van der Waals surface area contributed by atoms with E-state index in [1.165, 1.54) is 6.92 Å². The summed E-state index contributed by atoms with van der Waals surface area (Å²) in [6, 6.07) is 1.86. The van der Waals surface area contributed by atoms with Gasteiger partial charge in [-0.1, -0.05) is 0 Å². The van der Waals surface area contributed by atoms with Crippen LogP contribution in [0.1, 0.15) is 13.3 Å². The average Bonchev–Trinajstić information content (AvgIpc) is 2.14. The summed E-state index contributed by atoms with van der Waals surface area (Å²) in [6.07, 6.45) is -0.781. The molecule has 1 amide bonds. The van der Waals surface area contributed by atoms with Gasteiger partial charge < -0.3 is 15.2 Å². The van der Waals surface area contributed by atoms with Crippen LogP contribution in [0.25, 0.3) is 0 Å². The number of carbonyl (C=O) groups is 2. The Labute approximate surface area is 81.5 Å². The van der Waals surface area contributed by atoms with E-state index in [9.17, 15) is 9.59 Å². The first kappa shape index (κ1) is 12.4. The zero-order valence-electron chi connectivity index (χ0n) is 7.82. The van der Waals surface area contributed by atoms with Gasteiger partial charge in [-0.2, -0.15) is 5.26 Å². The molecular weight excluding hydrogens is 188 g/mol. The number of nitriles is 1. The second-order valence-electron chi connectivity index (χ2n) is 2.55. The first-order chi connectivity index (χ1) is 6.57. The van der Waals surface area contributed by atoms with Crippen LogP contribution in [0.15, 0.2) is 0 Å². The van der Waals surface area contributed by atoms with Crippen LogP contribution in [0.2, 0.25) is 0 Å². The van der Waals surface area contributed by atoms with Crippen molar-refractivity contribution in [2.24, 2.45) is 0 Å². The molecule has 14 heavy (non-hydrogen) atoms. The molecule has 6 heteroatoms. The lowest BCUT2D eigenvalue weighted by Crippen LogP contribution is -2.31. The third kappa shape index (κ3) is 5.97. The van der Waals surface area contributed by atoms with Gasteiger partial charge in [0.15, 0.2) is 6.10 Å². The molecule has 78 valence electrons. The van der Waals surface area contributed by atoms with Crippen LogP contribution in [0.4, 0.5) is 0 Å². The number of carbonyl (C=O) groups excluding carboxylic acids is 1. The number of hydrogen-bond donors (Lipinski definition) is 2. The first-order valence-corrected chi connectivity index (χ1v) is 4.06. The maximum Gasteiger partial charge on any atom is 0.332 e. The summed E-state index contributed by atoms with van der Waals surface area (Å²) >= 11 is 0. The Morgan fingerprint density at radius 2 is 2.29 bits per heavy atom. The van der Waals surface area contributed by atoms with Crippen LogP contribution in [0.3, 0.4) is 0 Å². The maximum absolute atomic E-state index is 10.9. The highest BCUT2D eigenvalue weighted by molar-refractivity contribution is 5.78. The van der Waals surface area contributed by atoms with E-state index in [0.29, 0.717) is 0 Å². The van der Waals surface area contributed by atoms with Crippen molar-refractivity contribution in [3.05, 3.63) is 0 Å². The summed E-state index contributed by atoms with van der Waals surface area (Å²) in [5.41, 5.74) is 0. The van der Waals surface area contributed by atoms with E-state index >= 15 is 0 Å². The summed E-state index contributed by atoms with van der Waals surface area (Å²) in [5.74, 6) is -1.54. The summed E-state index contributed by atoms with van der Waals surface area (Å²) in [6.45, 7) is 1.28. The zero-order valence-corrected chi connectivity index (χ0v) is 7.82. The summed E-state index contributed by atoms with van der Waals surface area (Å²) in [4.78, 5) is 21.2. The Balaban J connectivity index is 3.54. The number of carboxylic acid groups (broad SMARTS) is 1. The molecule has 2 N–H and O–H groups in total. The summed E-state index contributed by atoms with van der Waals surface area (Å²) in [5, 5.41) is 19.0. The van der Waals surface area contributed by atoms with Crippen molar-refractivity contribution >= 4 is 11.9 Å². The summed E-state index contributed by atoms with van der Waals surface area (Å²) < 4.78 is 4.70. The minimum Gasteiger partial charge on any atom is -0.479 e. The molecule has 1 atom stereocenters. The number of aliphatic carboxylic acids is 1. The Morgan fingerprint density at radius 1 is 1.64 bits per heavy atom. The largest absolute Gasteiger partial charge is 0.479 e. The van der Waals surface area contributed by atoms with E-state index in [1.807, 2.05) is 6.07 Å². The molecule has 0 aromatic rings. The van der Waals surface area contributed by atoms with Crippen LogP contribution in [0, 0.1) is 11.3 Å². The van der Waals surface area contributed by atoms with Gasteiger partial charge in [0, 0.05) is 6.54 Å². The number of rotatable bonds is 6. The number of hydrogen-bond acceptors (Lipinski definition) is 4. The molecule has 1 unspecified atom stereocenters. The molecular formula is C8H12N2O4. The topological polar surface area (TPSA) is 99.4 Å². The lowest BCUT2D eigenvalue weighted by molar-refractivity contribution is -0.150. The van der Waals surface area contributed by atoms with Crippen LogP contribution < -0.4 is 5.32 Å². The fourth-order valence-electron chi connectivity index (χ4n) is 0.581. The van der Waals surface area contributed by atoms with E-state index in [2.05, 4.69) is 5.32 Å². The van der Waals surface area contributed by atoms with Gasteiger partial charge in [-0.05, 0) is 6.92 Å². The number of nitrogens with one attached hydrogen (secondary N) is 1. The Bertz CT molecular complexity index is 246. The SMILES string of the molecule is CC(OCC(=O)NCCC#N)C(=O)O. The van der Waals surface area contributed by atoms with Crippen LogP contribution >= 0.6 is 0 Å². The highest BCUT2D eigenvalue weighted by atomic mass is 16.5. The van der Waals surface area contributed by atoms with Crippen molar-refractivity contribution in [2.75, 3.05) is 13.2 Å². The monoisotopic (exact) mass is 200 g/mol. The molecule has 0 fully saturated rings. The van der Waals surface area contributed by atoms with Crippen molar-refractivity contribution in [1.82, 2.24) is 5.32 Å². The minimum absolute atomic E-state index is 0.222. The van der Waals surface area contributed by atoms with Gasteiger partial charge in [-0.3, -0.25) is 4.79 Å². The molecule has 0 rings (SSSR count). The van der Waals surface area contributed by atoms with Crippen molar-refractivity contribution in [1.29, 1.82) is 5.26 Å². The van der Waals surface area contributed by atoms with Gasteiger partial charge in [-0.25, -0.2) is 4.79 Å². The number of carboxylic acids is 1. The standard InChI is InChI=1S/C8H12N2O4/c1-6(8(12)13)14-5-7(11)10-4-2-3-9/h6H,2,4-5H2,1H3,(H,10,11)(H,12,13). The Kier molecular flexibility index (Phi) is 6.07. The van der Waals surface area contributed by atoms with Crippen molar-refractivity contribution < 1.29 is 19.4 Å². The molecule has 0 aliphatic rings. The van der Waals surface area contributed by atoms with Gasteiger partial charge in [0.25, 0.3) is 0 Å². The molecule has 0 heterocycles. The fourth-order valence-corrected chi connectivity index (χ4v) is 0.581. The van der Waals surface area contributed by atoms with Gasteiger partial charge in [-0.15, -0.1) is 0 Å². The predicted molar refractivity (Wildman–Crippen MR) is 46.3 cm³/mol. The fraction of sp³-hybridized carbons (Fsp3) is 0.625.